The lowest BCUT2D eigenvalue weighted by Gasteiger charge is -2.01. The van der Waals surface area contributed by atoms with E-state index in [2.05, 4.69) is 20.4 Å². The molecule has 0 bridgehead atoms. The molecule has 7 nitrogen and oxygen atoms in total. The molecule has 5 rings (SSSR count). The molecule has 0 aliphatic heterocycles. The molecule has 2 aromatic heterocycles. The largest absolute Gasteiger partial charge is 0.429 e. The standard InChI is InChI=1S/C25H17ClN4O3S/c1-15-7-13-19(14-8-15)34-24-20(27-22(32-24)17-9-11-18(26)12-10-17)21(31)28-25-29-23(33-30-25)16-5-3-2-4-6-16/h2-14H,1H3,(H,28,30,31). The summed E-state index contributed by atoms with van der Waals surface area (Å²) < 4.78 is 11.3. The minimum Gasteiger partial charge on any atom is -0.429 e. The molecule has 0 aliphatic rings. The quantitative estimate of drug-likeness (QED) is 0.282. The maximum absolute atomic E-state index is 13.1. The second-order valence-electron chi connectivity index (χ2n) is 7.32. The number of amides is 1. The molecule has 0 atom stereocenters. The fourth-order valence-corrected chi connectivity index (χ4v) is 4.05. The topological polar surface area (TPSA) is 94.1 Å². The number of oxazole rings is 1. The van der Waals surface area contributed by atoms with Crippen molar-refractivity contribution >= 4 is 35.2 Å². The molecule has 1 N–H and O–H groups in total. The number of aromatic nitrogens is 3. The van der Waals surface area contributed by atoms with Gasteiger partial charge in [-0.1, -0.05) is 47.5 Å². The Labute approximate surface area is 204 Å². The Morgan fingerprint density at radius 2 is 1.59 bits per heavy atom. The number of halogens is 1. The number of nitrogens with zero attached hydrogens (tertiary/aromatic N) is 3. The lowest BCUT2D eigenvalue weighted by molar-refractivity contribution is 0.101. The Morgan fingerprint density at radius 3 is 2.32 bits per heavy atom. The zero-order valence-electron chi connectivity index (χ0n) is 17.9. The highest BCUT2D eigenvalue weighted by Gasteiger charge is 2.24. The molecule has 0 saturated heterocycles. The normalized spacial score (nSPS) is 10.9. The van der Waals surface area contributed by atoms with E-state index in [1.54, 1.807) is 24.3 Å². The first-order valence-corrected chi connectivity index (χ1v) is 11.5. The van der Waals surface area contributed by atoms with Gasteiger partial charge in [-0.3, -0.25) is 10.1 Å². The van der Waals surface area contributed by atoms with E-state index >= 15 is 0 Å². The number of carbonyl (C=O) groups is 1. The van der Waals surface area contributed by atoms with Gasteiger partial charge >= 0.3 is 0 Å². The van der Waals surface area contributed by atoms with Crippen LogP contribution in [0.5, 0.6) is 0 Å². The summed E-state index contributed by atoms with van der Waals surface area (Å²) in [5, 5.41) is 7.44. The molecule has 0 fully saturated rings. The summed E-state index contributed by atoms with van der Waals surface area (Å²) in [7, 11) is 0. The van der Waals surface area contributed by atoms with E-state index < -0.39 is 5.91 Å². The molecule has 9 heteroatoms. The lowest BCUT2D eigenvalue weighted by Crippen LogP contribution is -2.14. The number of carbonyl (C=O) groups excluding carboxylic acids is 1. The number of benzene rings is 3. The number of anilines is 1. The van der Waals surface area contributed by atoms with Crippen molar-refractivity contribution in [1.29, 1.82) is 0 Å². The van der Waals surface area contributed by atoms with E-state index in [-0.39, 0.29) is 11.6 Å². The van der Waals surface area contributed by atoms with Crippen molar-refractivity contribution in [2.45, 2.75) is 16.9 Å². The first kappa shape index (κ1) is 21.9. The summed E-state index contributed by atoms with van der Waals surface area (Å²) in [5.74, 6) is 0.117. The fourth-order valence-electron chi connectivity index (χ4n) is 3.08. The highest BCUT2D eigenvalue weighted by molar-refractivity contribution is 7.99. The number of nitrogens with one attached hydrogen (secondary N) is 1. The van der Waals surface area contributed by atoms with Crippen molar-refractivity contribution in [3.05, 3.63) is 95.1 Å². The van der Waals surface area contributed by atoms with E-state index in [1.165, 1.54) is 11.8 Å². The number of hydrogen-bond donors (Lipinski definition) is 1. The van der Waals surface area contributed by atoms with Gasteiger partial charge in [0.05, 0.1) is 0 Å². The second-order valence-corrected chi connectivity index (χ2v) is 8.80. The zero-order chi connectivity index (χ0) is 23.5. The van der Waals surface area contributed by atoms with Crippen LogP contribution in [0.4, 0.5) is 5.95 Å². The van der Waals surface area contributed by atoms with Crippen LogP contribution in [0.25, 0.3) is 22.9 Å². The second kappa shape index (κ2) is 9.54. The third-order valence-electron chi connectivity index (χ3n) is 4.81. The average molecular weight is 489 g/mol. The predicted octanol–water partition coefficient (Wildman–Crippen LogP) is 6.76. The minimum absolute atomic E-state index is 0.0335. The first-order chi connectivity index (χ1) is 16.5. The molecule has 168 valence electrons. The van der Waals surface area contributed by atoms with Crippen LogP contribution in [0.2, 0.25) is 5.02 Å². The summed E-state index contributed by atoms with van der Waals surface area (Å²) in [6, 6.07) is 24.2. The fraction of sp³-hybridized carbons (Fsp3) is 0.0400. The van der Waals surface area contributed by atoms with Crippen molar-refractivity contribution in [1.82, 2.24) is 15.1 Å². The van der Waals surface area contributed by atoms with Crippen molar-refractivity contribution in [2.24, 2.45) is 0 Å². The average Bonchev–Trinajstić information content (AvgIpc) is 3.49. The van der Waals surface area contributed by atoms with Gasteiger partial charge in [0, 0.05) is 21.0 Å². The third-order valence-corrected chi connectivity index (χ3v) is 6.03. The lowest BCUT2D eigenvalue weighted by atomic mass is 10.2. The summed E-state index contributed by atoms with van der Waals surface area (Å²) in [6.45, 7) is 2.01. The molecule has 2 heterocycles. The summed E-state index contributed by atoms with van der Waals surface area (Å²) in [4.78, 5) is 22.8. The van der Waals surface area contributed by atoms with Gasteiger partial charge in [0.2, 0.25) is 5.89 Å². The maximum atomic E-state index is 13.1. The van der Waals surface area contributed by atoms with Gasteiger partial charge in [0.1, 0.15) is 0 Å². The van der Waals surface area contributed by atoms with Gasteiger partial charge in [0.25, 0.3) is 17.7 Å². The summed E-state index contributed by atoms with van der Waals surface area (Å²) >= 11 is 7.30. The van der Waals surface area contributed by atoms with Crippen molar-refractivity contribution < 1.29 is 13.7 Å². The number of rotatable bonds is 6. The molecule has 0 radical (unpaired) electrons. The summed E-state index contributed by atoms with van der Waals surface area (Å²) in [6.07, 6.45) is 0. The number of aryl methyl sites for hydroxylation is 1. The molecule has 5 aromatic rings. The van der Waals surface area contributed by atoms with Gasteiger partial charge in [-0.25, -0.2) is 4.98 Å². The van der Waals surface area contributed by atoms with Crippen LogP contribution in [-0.2, 0) is 0 Å². The highest BCUT2D eigenvalue weighted by Crippen LogP contribution is 2.35. The van der Waals surface area contributed by atoms with Crippen molar-refractivity contribution in [3.63, 3.8) is 0 Å². The monoisotopic (exact) mass is 488 g/mol. The van der Waals surface area contributed by atoms with E-state index in [0.29, 0.717) is 27.5 Å². The molecule has 0 saturated carbocycles. The van der Waals surface area contributed by atoms with Crippen LogP contribution in [0.15, 0.2) is 97.8 Å². The third kappa shape index (κ3) is 4.88. The van der Waals surface area contributed by atoms with E-state index in [0.717, 1.165) is 16.0 Å². The van der Waals surface area contributed by atoms with Gasteiger partial charge in [0.15, 0.2) is 10.8 Å². The van der Waals surface area contributed by atoms with Crippen LogP contribution in [-0.4, -0.2) is 21.0 Å². The van der Waals surface area contributed by atoms with E-state index in [4.69, 9.17) is 20.5 Å². The number of hydrogen-bond acceptors (Lipinski definition) is 7. The van der Waals surface area contributed by atoms with Crippen LogP contribution >= 0.6 is 23.4 Å². The molecule has 34 heavy (non-hydrogen) atoms. The molecule has 0 spiro atoms. The smallest absolute Gasteiger partial charge is 0.281 e. The van der Waals surface area contributed by atoms with Gasteiger partial charge in [-0.2, -0.15) is 4.98 Å². The Balaban J connectivity index is 1.44. The van der Waals surface area contributed by atoms with Crippen LogP contribution in [0, 0.1) is 6.92 Å². The van der Waals surface area contributed by atoms with Crippen LogP contribution in [0.3, 0.4) is 0 Å². The van der Waals surface area contributed by atoms with Crippen LogP contribution < -0.4 is 5.32 Å². The highest BCUT2D eigenvalue weighted by atomic mass is 35.5. The predicted molar refractivity (Wildman–Crippen MR) is 130 cm³/mol. The molecule has 1 amide bonds. The van der Waals surface area contributed by atoms with Gasteiger partial charge in [-0.15, -0.1) is 0 Å². The molecular formula is C25H17ClN4O3S. The summed E-state index contributed by atoms with van der Waals surface area (Å²) in [5.41, 5.74) is 2.69. The molecular weight excluding hydrogens is 472 g/mol. The van der Waals surface area contributed by atoms with E-state index in [1.807, 2.05) is 61.5 Å². The Kier molecular flexibility index (Phi) is 6.16. The Bertz CT molecular complexity index is 1430. The minimum atomic E-state index is -0.515. The van der Waals surface area contributed by atoms with Crippen molar-refractivity contribution in [2.75, 3.05) is 5.32 Å². The SMILES string of the molecule is Cc1ccc(Sc2oc(-c3ccc(Cl)cc3)nc2C(=O)Nc2noc(-c3ccccc3)n2)cc1. The molecule has 3 aromatic carbocycles. The molecule has 0 aliphatic carbocycles. The van der Waals surface area contributed by atoms with Gasteiger partial charge in [-0.05, 0) is 72.4 Å². The Morgan fingerprint density at radius 1 is 0.882 bits per heavy atom. The van der Waals surface area contributed by atoms with Gasteiger partial charge < -0.3 is 8.94 Å². The Hall–Kier alpha value is -3.88. The van der Waals surface area contributed by atoms with Crippen LogP contribution in [0.1, 0.15) is 16.1 Å². The first-order valence-electron chi connectivity index (χ1n) is 10.3. The van der Waals surface area contributed by atoms with Crippen molar-refractivity contribution in [3.8, 4) is 22.9 Å². The molecule has 0 unspecified atom stereocenters. The maximum Gasteiger partial charge on any atom is 0.281 e. The van der Waals surface area contributed by atoms with E-state index in [9.17, 15) is 4.79 Å². The zero-order valence-corrected chi connectivity index (χ0v) is 19.4.